The highest BCUT2D eigenvalue weighted by molar-refractivity contribution is 6.07. The summed E-state index contributed by atoms with van der Waals surface area (Å²) >= 11 is 0. The van der Waals surface area contributed by atoms with E-state index in [9.17, 15) is 0 Å². The first-order valence-electron chi connectivity index (χ1n) is 8.38. The molecule has 1 aromatic carbocycles. The summed E-state index contributed by atoms with van der Waals surface area (Å²) in [6, 6.07) is 9.48. The quantitative estimate of drug-likeness (QED) is 0.654. The van der Waals surface area contributed by atoms with Gasteiger partial charge in [0.15, 0.2) is 5.82 Å². The van der Waals surface area contributed by atoms with Crippen molar-refractivity contribution in [2.45, 2.75) is 39.8 Å². The Bertz CT molecular complexity index is 782. The number of quaternary nitrogens is 1. The Kier molecular flexibility index (Phi) is 4.48. The SMILES string of the molecule is CC(C)[NH+](CCNc1ncnc2c1[nH]c1ccccc12)C(C)C. The van der Waals surface area contributed by atoms with E-state index >= 15 is 0 Å². The first-order valence-corrected chi connectivity index (χ1v) is 8.38. The van der Waals surface area contributed by atoms with Crippen LogP contribution >= 0.6 is 0 Å². The number of nitrogens with zero attached hydrogens (tertiary/aromatic N) is 2. The van der Waals surface area contributed by atoms with E-state index in [1.807, 2.05) is 12.1 Å². The van der Waals surface area contributed by atoms with Gasteiger partial charge in [0.25, 0.3) is 0 Å². The summed E-state index contributed by atoms with van der Waals surface area (Å²) < 4.78 is 0. The van der Waals surface area contributed by atoms with Crippen molar-refractivity contribution in [3.63, 3.8) is 0 Å². The molecule has 5 heteroatoms. The van der Waals surface area contributed by atoms with Crippen LogP contribution in [-0.4, -0.2) is 40.1 Å². The van der Waals surface area contributed by atoms with Gasteiger partial charge in [-0.1, -0.05) is 18.2 Å². The largest absolute Gasteiger partial charge is 0.363 e. The Hall–Kier alpha value is -2.14. The predicted octanol–water partition coefficient (Wildman–Crippen LogP) is 2.22. The highest BCUT2D eigenvalue weighted by atomic mass is 15.2. The van der Waals surface area contributed by atoms with E-state index in [0.29, 0.717) is 12.1 Å². The molecule has 0 saturated heterocycles. The number of H-pyrrole nitrogens is 1. The Balaban J connectivity index is 1.81. The zero-order valence-corrected chi connectivity index (χ0v) is 14.4. The van der Waals surface area contributed by atoms with Crippen LogP contribution < -0.4 is 10.2 Å². The first-order chi connectivity index (χ1) is 11.1. The summed E-state index contributed by atoms with van der Waals surface area (Å²) in [6.07, 6.45) is 1.64. The smallest absolute Gasteiger partial charge is 0.154 e. The van der Waals surface area contributed by atoms with Crippen LogP contribution in [-0.2, 0) is 0 Å². The van der Waals surface area contributed by atoms with Gasteiger partial charge >= 0.3 is 0 Å². The number of hydrogen-bond donors (Lipinski definition) is 3. The van der Waals surface area contributed by atoms with Crippen LogP contribution in [0.1, 0.15) is 27.7 Å². The number of hydrogen-bond acceptors (Lipinski definition) is 3. The molecule has 5 nitrogen and oxygen atoms in total. The number of fused-ring (bicyclic) bond motifs is 3. The van der Waals surface area contributed by atoms with Crippen molar-refractivity contribution >= 4 is 27.8 Å². The zero-order valence-electron chi connectivity index (χ0n) is 14.4. The Morgan fingerprint density at radius 1 is 1.09 bits per heavy atom. The van der Waals surface area contributed by atoms with Crippen molar-refractivity contribution in [3.8, 4) is 0 Å². The minimum atomic E-state index is 0.621. The first kappa shape index (κ1) is 15.7. The topological polar surface area (TPSA) is 58.0 Å². The molecule has 0 unspecified atom stereocenters. The molecule has 0 fully saturated rings. The number of benzene rings is 1. The highest BCUT2D eigenvalue weighted by Crippen LogP contribution is 2.26. The molecule has 0 amide bonds. The van der Waals surface area contributed by atoms with Crippen LogP contribution in [0.2, 0.25) is 0 Å². The number of rotatable bonds is 6. The summed E-state index contributed by atoms with van der Waals surface area (Å²) in [7, 11) is 0. The number of aromatic nitrogens is 3. The lowest BCUT2D eigenvalue weighted by Crippen LogP contribution is -3.18. The van der Waals surface area contributed by atoms with Gasteiger partial charge in [-0.15, -0.1) is 0 Å². The number of anilines is 1. The molecule has 3 aromatic rings. The van der Waals surface area contributed by atoms with Crippen LogP contribution in [0.15, 0.2) is 30.6 Å². The molecule has 0 aliphatic carbocycles. The normalized spacial score (nSPS) is 12.1. The Morgan fingerprint density at radius 3 is 2.57 bits per heavy atom. The van der Waals surface area contributed by atoms with E-state index in [2.05, 4.69) is 60.1 Å². The second-order valence-electron chi connectivity index (χ2n) is 6.68. The van der Waals surface area contributed by atoms with Crippen LogP contribution in [0.4, 0.5) is 5.82 Å². The van der Waals surface area contributed by atoms with Gasteiger partial charge in [0.1, 0.15) is 17.4 Å². The number of para-hydroxylation sites is 1. The lowest BCUT2D eigenvalue weighted by Gasteiger charge is -2.27. The second-order valence-corrected chi connectivity index (χ2v) is 6.68. The summed E-state index contributed by atoms with van der Waals surface area (Å²) in [6.45, 7) is 11.1. The van der Waals surface area contributed by atoms with E-state index in [0.717, 1.165) is 40.8 Å². The monoisotopic (exact) mass is 312 g/mol. The minimum Gasteiger partial charge on any atom is -0.363 e. The molecule has 122 valence electrons. The average Bonchev–Trinajstić information content (AvgIpc) is 2.90. The number of aromatic amines is 1. The summed E-state index contributed by atoms with van der Waals surface area (Å²) in [4.78, 5) is 13.9. The molecule has 0 spiro atoms. The molecule has 3 N–H and O–H groups in total. The molecule has 0 aliphatic rings. The fraction of sp³-hybridized carbons (Fsp3) is 0.444. The molecule has 0 radical (unpaired) electrons. The van der Waals surface area contributed by atoms with Gasteiger partial charge in [-0.25, -0.2) is 9.97 Å². The lowest BCUT2D eigenvalue weighted by atomic mass is 10.2. The summed E-state index contributed by atoms with van der Waals surface area (Å²) in [5.74, 6) is 0.887. The fourth-order valence-corrected chi connectivity index (χ4v) is 3.34. The molecule has 0 saturated carbocycles. The minimum absolute atomic E-state index is 0.621. The van der Waals surface area contributed by atoms with Gasteiger partial charge in [-0.2, -0.15) is 0 Å². The molecule has 3 rings (SSSR count). The molecule has 23 heavy (non-hydrogen) atoms. The van der Waals surface area contributed by atoms with Crippen LogP contribution in [0.25, 0.3) is 21.9 Å². The lowest BCUT2D eigenvalue weighted by molar-refractivity contribution is -0.940. The number of nitrogens with one attached hydrogen (secondary N) is 3. The second kappa shape index (κ2) is 6.54. The maximum absolute atomic E-state index is 4.44. The van der Waals surface area contributed by atoms with Crippen molar-refractivity contribution < 1.29 is 4.90 Å². The van der Waals surface area contributed by atoms with Crippen LogP contribution in [0, 0.1) is 0 Å². The van der Waals surface area contributed by atoms with Crippen molar-refractivity contribution in [2.75, 3.05) is 18.4 Å². The van der Waals surface area contributed by atoms with Gasteiger partial charge in [0.05, 0.1) is 25.2 Å². The van der Waals surface area contributed by atoms with E-state index in [-0.39, 0.29) is 0 Å². The van der Waals surface area contributed by atoms with Gasteiger partial charge in [-0.3, -0.25) is 0 Å². The molecule has 2 aromatic heterocycles. The third-order valence-electron chi connectivity index (χ3n) is 4.48. The van der Waals surface area contributed by atoms with Gasteiger partial charge in [-0.05, 0) is 33.8 Å². The van der Waals surface area contributed by atoms with Gasteiger partial charge in [0, 0.05) is 10.9 Å². The van der Waals surface area contributed by atoms with Crippen LogP contribution in [0.3, 0.4) is 0 Å². The third-order valence-corrected chi connectivity index (χ3v) is 4.48. The van der Waals surface area contributed by atoms with Crippen molar-refractivity contribution in [3.05, 3.63) is 30.6 Å². The maximum atomic E-state index is 4.44. The molecule has 0 atom stereocenters. The van der Waals surface area contributed by atoms with Crippen molar-refractivity contribution in [1.29, 1.82) is 0 Å². The van der Waals surface area contributed by atoms with Gasteiger partial charge < -0.3 is 15.2 Å². The predicted molar refractivity (Wildman–Crippen MR) is 96.0 cm³/mol. The molecular weight excluding hydrogens is 286 g/mol. The Labute approximate surface area is 137 Å². The van der Waals surface area contributed by atoms with E-state index < -0.39 is 0 Å². The maximum Gasteiger partial charge on any atom is 0.154 e. The average molecular weight is 312 g/mol. The van der Waals surface area contributed by atoms with E-state index in [1.54, 1.807) is 11.2 Å². The summed E-state index contributed by atoms with van der Waals surface area (Å²) in [5, 5.41) is 4.63. The van der Waals surface area contributed by atoms with E-state index in [1.165, 1.54) is 0 Å². The van der Waals surface area contributed by atoms with Gasteiger partial charge in [0.2, 0.25) is 0 Å². The standard InChI is InChI=1S/C18H25N5/c1-12(2)23(13(3)4)10-9-19-18-17-16(20-11-21-18)14-7-5-6-8-15(14)22-17/h5-8,11-13,22H,9-10H2,1-4H3,(H,19,20,21)/p+1. The fourth-order valence-electron chi connectivity index (χ4n) is 3.34. The molecule has 2 heterocycles. The zero-order chi connectivity index (χ0) is 16.4. The highest BCUT2D eigenvalue weighted by Gasteiger charge is 2.17. The van der Waals surface area contributed by atoms with Crippen molar-refractivity contribution in [2.24, 2.45) is 0 Å². The van der Waals surface area contributed by atoms with Crippen molar-refractivity contribution in [1.82, 2.24) is 15.0 Å². The Morgan fingerprint density at radius 2 is 1.83 bits per heavy atom. The molecular formula is C18H26N5+. The van der Waals surface area contributed by atoms with Crippen LogP contribution in [0.5, 0.6) is 0 Å². The molecule has 0 bridgehead atoms. The van der Waals surface area contributed by atoms with E-state index in [4.69, 9.17) is 0 Å². The summed E-state index contributed by atoms with van der Waals surface area (Å²) in [5.41, 5.74) is 3.07. The third kappa shape index (κ3) is 3.15. The molecule has 0 aliphatic heterocycles.